The third kappa shape index (κ3) is 2.17. The molecule has 0 spiro atoms. The second kappa shape index (κ2) is 4.71. The van der Waals surface area contributed by atoms with Crippen molar-refractivity contribution >= 4 is 12.6 Å². The molecule has 2 atom stereocenters. The lowest BCUT2D eigenvalue weighted by Gasteiger charge is -2.32. The van der Waals surface area contributed by atoms with Gasteiger partial charge in [0.05, 0.1) is 0 Å². The van der Waals surface area contributed by atoms with E-state index in [4.69, 9.17) is 0 Å². The summed E-state index contributed by atoms with van der Waals surface area (Å²) in [4.78, 5) is 2.64. The van der Waals surface area contributed by atoms with Gasteiger partial charge in [-0.05, 0) is 31.7 Å². The van der Waals surface area contributed by atoms with Crippen molar-refractivity contribution in [3.05, 3.63) is 12.2 Å². The fourth-order valence-corrected chi connectivity index (χ4v) is 3.14. The van der Waals surface area contributed by atoms with Crippen LogP contribution in [0, 0.1) is 5.92 Å². The molecular formula is C12H21NS. The Hall–Kier alpha value is 0.0500. The molecule has 0 aromatic carbocycles. The summed E-state index contributed by atoms with van der Waals surface area (Å²) < 4.78 is 0. The highest BCUT2D eigenvalue weighted by Gasteiger charge is 2.35. The van der Waals surface area contributed by atoms with Crippen molar-refractivity contribution in [2.24, 2.45) is 5.92 Å². The molecule has 2 aliphatic rings. The lowest BCUT2D eigenvalue weighted by Crippen LogP contribution is -2.36. The quantitative estimate of drug-likeness (QED) is 0.555. The van der Waals surface area contributed by atoms with Crippen LogP contribution in [0.15, 0.2) is 12.2 Å². The summed E-state index contributed by atoms with van der Waals surface area (Å²) in [6.45, 7) is 6.44. The van der Waals surface area contributed by atoms with Crippen LogP contribution in [-0.4, -0.2) is 29.8 Å². The van der Waals surface area contributed by atoms with Crippen molar-refractivity contribution in [2.75, 3.05) is 18.8 Å². The first-order chi connectivity index (χ1) is 6.81. The second-order valence-corrected chi connectivity index (χ2v) is 5.10. The predicted octanol–water partition coefficient (Wildman–Crippen LogP) is 2.74. The molecule has 2 fully saturated rings. The molecule has 1 saturated carbocycles. The maximum Gasteiger partial charge on any atom is 0.0201 e. The van der Waals surface area contributed by atoms with Crippen molar-refractivity contribution in [1.29, 1.82) is 0 Å². The van der Waals surface area contributed by atoms with E-state index < -0.39 is 0 Å². The molecule has 0 aromatic rings. The van der Waals surface area contributed by atoms with Gasteiger partial charge in [-0.25, -0.2) is 0 Å². The minimum Gasteiger partial charge on any atom is -0.296 e. The van der Waals surface area contributed by atoms with Crippen LogP contribution in [0.25, 0.3) is 0 Å². The molecule has 1 aliphatic carbocycles. The molecule has 1 aliphatic heterocycles. The van der Waals surface area contributed by atoms with E-state index in [1.165, 1.54) is 44.2 Å². The Labute approximate surface area is 93.0 Å². The predicted molar refractivity (Wildman–Crippen MR) is 64.9 cm³/mol. The number of thiol groups is 1. The van der Waals surface area contributed by atoms with Gasteiger partial charge in [-0.15, -0.1) is 0 Å². The van der Waals surface area contributed by atoms with Crippen LogP contribution < -0.4 is 0 Å². The summed E-state index contributed by atoms with van der Waals surface area (Å²) in [5.41, 5.74) is 1.28. The van der Waals surface area contributed by atoms with Crippen LogP contribution in [0.2, 0.25) is 0 Å². The van der Waals surface area contributed by atoms with Crippen LogP contribution >= 0.6 is 12.6 Å². The highest BCUT2D eigenvalue weighted by Crippen LogP contribution is 2.36. The van der Waals surface area contributed by atoms with E-state index in [-0.39, 0.29) is 0 Å². The lowest BCUT2D eigenvalue weighted by atomic mass is 9.85. The Morgan fingerprint density at radius 3 is 2.86 bits per heavy atom. The zero-order valence-electron chi connectivity index (χ0n) is 8.91. The molecule has 1 saturated heterocycles. The minimum absolute atomic E-state index is 0.841. The Kier molecular flexibility index (Phi) is 3.56. The zero-order chi connectivity index (χ0) is 9.97. The highest BCUT2D eigenvalue weighted by molar-refractivity contribution is 7.80. The maximum atomic E-state index is 4.28. The largest absolute Gasteiger partial charge is 0.296 e. The van der Waals surface area contributed by atoms with Gasteiger partial charge < -0.3 is 0 Å². The van der Waals surface area contributed by atoms with Crippen LogP contribution in [0.1, 0.15) is 32.1 Å². The molecule has 1 nitrogen and oxygen atoms in total. The first-order valence-electron chi connectivity index (χ1n) is 5.83. The van der Waals surface area contributed by atoms with E-state index in [0.29, 0.717) is 0 Å². The second-order valence-electron chi connectivity index (χ2n) is 4.78. The number of hydrogen-bond acceptors (Lipinski definition) is 2. The van der Waals surface area contributed by atoms with E-state index in [1.807, 2.05) is 0 Å². The third-order valence-corrected chi connectivity index (χ3v) is 4.22. The fraction of sp³-hybridized carbons (Fsp3) is 0.833. The van der Waals surface area contributed by atoms with E-state index in [2.05, 4.69) is 24.1 Å². The molecule has 0 radical (unpaired) electrons. The number of hydrogen-bond donors (Lipinski definition) is 1. The van der Waals surface area contributed by atoms with Gasteiger partial charge in [-0.2, -0.15) is 12.6 Å². The fourth-order valence-electron chi connectivity index (χ4n) is 3.04. The summed E-state index contributed by atoms with van der Waals surface area (Å²) in [5, 5.41) is 0. The summed E-state index contributed by atoms with van der Waals surface area (Å²) >= 11 is 4.28. The topological polar surface area (TPSA) is 3.24 Å². The molecule has 14 heavy (non-hydrogen) atoms. The van der Waals surface area contributed by atoms with Gasteiger partial charge in [0.1, 0.15) is 0 Å². The van der Waals surface area contributed by atoms with E-state index in [9.17, 15) is 0 Å². The van der Waals surface area contributed by atoms with Crippen molar-refractivity contribution in [3.8, 4) is 0 Å². The van der Waals surface area contributed by atoms with E-state index in [0.717, 1.165) is 24.3 Å². The number of likely N-dealkylation sites (tertiary alicyclic amines) is 1. The zero-order valence-corrected chi connectivity index (χ0v) is 9.81. The molecule has 2 unspecified atom stereocenters. The molecule has 2 heteroatoms. The van der Waals surface area contributed by atoms with Gasteiger partial charge >= 0.3 is 0 Å². The highest BCUT2D eigenvalue weighted by atomic mass is 32.1. The average molecular weight is 211 g/mol. The molecule has 0 N–H and O–H groups in total. The van der Waals surface area contributed by atoms with Crippen LogP contribution in [0.3, 0.4) is 0 Å². The van der Waals surface area contributed by atoms with E-state index in [1.54, 1.807) is 0 Å². The van der Waals surface area contributed by atoms with Crippen LogP contribution in [0.4, 0.5) is 0 Å². The number of rotatable bonds is 3. The van der Waals surface area contributed by atoms with Crippen molar-refractivity contribution in [2.45, 2.75) is 38.1 Å². The third-order valence-electron chi connectivity index (χ3n) is 3.78. The van der Waals surface area contributed by atoms with Crippen molar-refractivity contribution < 1.29 is 0 Å². The first-order valence-corrected chi connectivity index (χ1v) is 6.46. The SMILES string of the molecule is C=C(CS)CN1CCC2CCCCC21. The van der Waals surface area contributed by atoms with E-state index >= 15 is 0 Å². The first kappa shape index (κ1) is 10.6. The molecule has 2 rings (SSSR count). The standard InChI is InChI=1S/C12H21NS/c1-10(9-14)8-13-7-6-11-4-2-3-5-12(11)13/h11-12,14H,1-9H2. The van der Waals surface area contributed by atoms with Gasteiger partial charge in [0.2, 0.25) is 0 Å². The molecular weight excluding hydrogens is 190 g/mol. The van der Waals surface area contributed by atoms with Gasteiger partial charge in [0.25, 0.3) is 0 Å². The Bertz CT molecular complexity index is 214. The van der Waals surface area contributed by atoms with Crippen molar-refractivity contribution in [3.63, 3.8) is 0 Å². The van der Waals surface area contributed by atoms with Crippen LogP contribution in [-0.2, 0) is 0 Å². The Balaban J connectivity index is 1.90. The Morgan fingerprint density at radius 1 is 1.29 bits per heavy atom. The number of nitrogens with zero attached hydrogens (tertiary/aromatic N) is 1. The smallest absolute Gasteiger partial charge is 0.0201 e. The monoisotopic (exact) mass is 211 g/mol. The summed E-state index contributed by atoms with van der Waals surface area (Å²) in [5.74, 6) is 1.84. The lowest BCUT2D eigenvalue weighted by molar-refractivity contribution is 0.195. The van der Waals surface area contributed by atoms with Gasteiger partial charge in [-0.3, -0.25) is 4.90 Å². The normalized spacial score (nSPS) is 32.9. The molecule has 80 valence electrons. The average Bonchev–Trinajstić information content (AvgIpc) is 2.62. The molecule has 0 aromatic heterocycles. The van der Waals surface area contributed by atoms with Crippen LogP contribution in [0.5, 0.6) is 0 Å². The maximum absolute atomic E-state index is 4.28. The number of fused-ring (bicyclic) bond motifs is 1. The summed E-state index contributed by atoms with van der Waals surface area (Å²) in [6.07, 6.45) is 7.21. The molecule has 1 heterocycles. The molecule has 0 amide bonds. The Morgan fingerprint density at radius 2 is 2.07 bits per heavy atom. The minimum atomic E-state index is 0.841. The van der Waals surface area contributed by atoms with Gasteiger partial charge in [0, 0.05) is 18.3 Å². The molecule has 0 bridgehead atoms. The van der Waals surface area contributed by atoms with Gasteiger partial charge in [0.15, 0.2) is 0 Å². The van der Waals surface area contributed by atoms with Crippen molar-refractivity contribution in [1.82, 2.24) is 4.90 Å². The van der Waals surface area contributed by atoms with Gasteiger partial charge in [-0.1, -0.05) is 25.0 Å². The summed E-state index contributed by atoms with van der Waals surface area (Å²) in [6, 6.07) is 0.875. The summed E-state index contributed by atoms with van der Waals surface area (Å²) in [7, 11) is 0.